The average molecular weight is 334 g/mol. The van der Waals surface area contributed by atoms with Gasteiger partial charge in [0.15, 0.2) is 0 Å². The highest BCUT2D eigenvalue weighted by Gasteiger charge is 2.25. The maximum atomic E-state index is 6.01. The van der Waals surface area contributed by atoms with E-state index in [-0.39, 0.29) is 11.2 Å². The van der Waals surface area contributed by atoms with Crippen LogP contribution in [-0.2, 0) is 0 Å². The quantitative estimate of drug-likeness (QED) is 0.829. The first kappa shape index (κ1) is 15.9. The number of anilines is 3. The summed E-state index contributed by atoms with van der Waals surface area (Å²) < 4.78 is 0. The van der Waals surface area contributed by atoms with Gasteiger partial charge in [-0.15, -0.1) is 0 Å². The van der Waals surface area contributed by atoms with E-state index >= 15 is 0 Å². The van der Waals surface area contributed by atoms with Crippen molar-refractivity contribution in [3.63, 3.8) is 0 Å². The van der Waals surface area contributed by atoms with Crippen molar-refractivity contribution >= 4 is 29.2 Å². The Hall–Kier alpha value is -1.99. The maximum absolute atomic E-state index is 6.01. The summed E-state index contributed by atoms with van der Waals surface area (Å²) in [5.41, 5.74) is 12.9. The molecule has 1 aliphatic carbocycles. The molecule has 7 nitrogen and oxygen atoms in total. The smallest absolute Gasteiger partial charge is 0.224 e. The number of hydrogen-bond acceptors (Lipinski definition) is 7. The molecular weight excluding hydrogens is 314 g/mol. The van der Waals surface area contributed by atoms with Crippen LogP contribution in [0.3, 0.4) is 0 Å². The predicted molar refractivity (Wildman–Crippen MR) is 90.7 cm³/mol. The van der Waals surface area contributed by atoms with Crippen molar-refractivity contribution in [1.29, 1.82) is 0 Å². The summed E-state index contributed by atoms with van der Waals surface area (Å²) in [7, 11) is 1.89. The highest BCUT2D eigenvalue weighted by atomic mass is 35.5. The summed E-state index contributed by atoms with van der Waals surface area (Å²) in [6, 6.07) is 2.08. The van der Waals surface area contributed by atoms with Gasteiger partial charge in [-0.2, -0.15) is 4.98 Å². The van der Waals surface area contributed by atoms with Crippen LogP contribution in [0.4, 0.5) is 17.6 Å². The Morgan fingerprint density at radius 1 is 1.17 bits per heavy atom. The molecule has 1 aliphatic rings. The molecule has 1 fully saturated rings. The molecule has 0 unspecified atom stereocenters. The van der Waals surface area contributed by atoms with Crippen LogP contribution in [-0.4, -0.2) is 33.0 Å². The van der Waals surface area contributed by atoms with Crippen molar-refractivity contribution in [2.24, 2.45) is 5.73 Å². The van der Waals surface area contributed by atoms with Crippen molar-refractivity contribution in [3.05, 3.63) is 29.3 Å². The van der Waals surface area contributed by atoms with Crippen LogP contribution >= 0.6 is 11.6 Å². The Balaban J connectivity index is 1.96. The fourth-order valence-electron chi connectivity index (χ4n) is 3.00. The van der Waals surface area contributed by atoms with Gasteiger partial charge in [-0.25, -0.2) is 15.0 Å². The summed E-state index contributed by atoms with van der Waals surface area (Å²) in [5.74, 6) is 2.04. The van der Waals surface area contributed by atoms with Gasteiger partial charge in [0.25, 0.3) is 0 Å². The molecule has 4 N–H and O–H groups in total. The molecule has 0 aliphatic heterocycles. The van der Waals surface area contributed by atoms with Crippen LogP contribution in [0, 0.1) is 0 Å². The summed E-state index contributed by atoms with van der Waals surface area (Å²) in [6.45, 7) is 0. The third kappa shape index (κ3) is 3.51. The van der Waals surface area contributed by atoms with Gasteiger partial charge in [0.2, 0.25) is 11.2 Å². The highest BCUT2D eigenvalue weighted by Crippen LogP contribution is 2.37. The molecule has 122 valence electrons. The van der Waals surface area contributed by atoms with Crippen LogP contribution in [0.2, 0.25) is 5.28 Å². The topological polar surface area (TPSA) is 107 Å². The Kier molecular flexibility index (Phi) is 4.58. The molecule has 2 heterocycles. The summed E-state index contributed by atoms with van der Waals surface area (Å²) in [5, 5.41) is 0.196. The molecule has 0 atom stereocenters. The number of halogens is 1. The number of nitrogens with two attached hydrogens (primary N) is 2. The molecule has 0 bridgehead atoms. The Morgan fingerprint density at radius 3 is 2.61 bits per heavy atom. The molecule has 0 spiro atoms. The largest absolute Gasteiger partial charge is 0.368 e. The van der Waals surface area contributed by atoms with E-state index in [4.69, 9.17) is 23.1 Å². The van der Waals surface area contributed by atoms with E-state index in [2.05, 4.69) is 19.9 Å². The molecule has 1 saturated carbocycles. The van der Waals surface area contributed by atoms with E-state index in [0.29, 0.717) is 17.8 Å². The minimum Gasteiger partial charge on any atom is -0.368 e. The van der Waals surface area contributed by atoms with Crippen molar-refractivity contribution in [3.8, 4) is 0 Å². The van der Waals surface area contributed by atoms with Gasteiger partial charge in [-0.3, -0.25) is 0 Å². The monoisotopic (exact) mass is 333 g/mol. The fourth-order valence-corrected chi connectivity index (χ4v) is 3.15. The Morgan fingerprint density at radius 2 is 1.91 bits per heavy atom. The van der Waals surface area contributed by atoms with Crippen LogP contribution < -0.4 is 16.4 Å². The third-order valence-electron chi connectivity index (χ3n) is 4.30. The lowest BCUT2D eigenvalue weighted by Crippen LogP contribution is -2.27. The zero-order valence-corrected chi connectivity index (χ0v) is 13.7. The normalized spacial score (nSPS) is 21.2. The average Bonchev–Trinajstić information content (AvgIpc) is 2.55. The summed E-state index contributed by atoms with van der Waals surface area (Å²) in [4.78, 5) is 18.6. The van der Waals surface area contributed by atoms with Gasteiger partial charge in [-0.05, 0) is 49.3 Å². The number of nitrogens with zero attached hydrogens (tertiary/aromatic N) is 5. The lowest BCUT2D eigenvalue weighted by molar-refractivity contribution is 0.395. The first-order chi connectivity index (χ1) is 11.0. The van der Waals surface area contributed by atoms with Crippen molar-refractivity contribution in [2.75, 3.05) is 17.7 Å². The third-order valence-corrected chi connectivity index (χ3v) is 4.48. The molecule has 0 amide bonds. The Labute approximate surface area is 140 Å². The lowest BCUT2D eigenvalue weighted by Gasteiger charge is -2.29. The van der Waals surface area contributed by atoms with Crippen molar-refractivity contribution < 1.29 is 0 Å². The zero-order valence-electron chi connectivity index (χ0n) is 13.0. The number of nitrogen functional groups attached to an aromatic ring is 1. The van der Waals surface area contributed by atoms with Crippen molar-refractivity contribution in [2.45, 2.75) is 37.6 Å². The van der Waals surface area contributed by atoms with E-state index < -0.39 is 0 Å². The van der Waals surface area contributed by atoms with Crippen LogP contribution in [0.15, 0.2) is 18.5 Å². The Bertz CT molecular complexity index is 685. The number of rotatable bonds is 3. The summed E-state index contributed by atoms with van der Waals surface area (Å²) in [6.07, 6.45) is 7.51. The van der Waals surface area contributed by atoms with E-state index in [1.807, 2.05) is 18.1 Å². The van der Waals surface area contributed by atoms with E-state index in [1.54, 1.807) is 12.3 Å². The predicted octanol–water partition coefficient (Wildman–Crippen LogP) is 2.25. The highest BCUT2D eigenvalue weighted by molar-refractivity contribution is 6.28. The standard InChI is InChI=1S/C15H20ClN7/c1-23(12-6-7-19-14(16)21-12)13-11(8-20-15(18)22-13)9-2-4-10(17)5-3-9/h6-10H,2-5,17H2,1H3,(H2,18,20,22). The van der Waals surface area contributed by atoms with Gasteiger partial charge in [0, 0.05) is 31.0 Å². The minimum absolute atomic E-state index is 0.196. The van der Waals surface area contributed by atoms with Gasteiger partial charge in [0.1, 0.15) is 11.6 Å². The minimum atomic E-state index is 0.196. The first-order valence-corrected chi connectivity index (χ1v) is 8.02. The van der Waals surface area contributed by atoms with E-state index in [1.165, 1.54) is 0 Å². The number of hydrogen-bond donors (Lipinski definition) is 2. The molecule has 0 saturated heterocycles. The van der Waals surface area contributed by atoms with Crippen LogP contribution in [0.1, 0.15) is 37.2 Å². The fraction of sp³-hybridized carbons (Fsp3) is 0.467. The van der Waals surface area contributed by atoms with E-state index in [9.17, 15) is 0 Å². The first-order valence-electron chi connectivity index (χ1n) is 7.65. The van der Waals surface area contributed by atoms with Gasteiger partial charge in [-0.1, -0.05) is 0 Å². The van der Waals surface area contributed by atoms with Gasteiger partial charge in [0.05, 0.1) is 0 Å². The molecular formula is C15H20ClN7. The molecule has 23 heavy (non-hydrogen) atoms. The molecule has 2 aromatic rings. The van der Waals surface area contributed by atoms with Gasteiger partial charge < -0.3 is 16.4 Å². The second kappa shape index (κ2) is 6.64. The molecule has 0 aromatic carbocycles. The molecule has 0 radical (unpaired) electrons. The number of aromatic nitrogens is 4. The molecule has 3 rings (SSSR count). The second-order valence-corrected chi connectivity index (χ2v) is 6.20. The van der Waals surface area contributed by atoms with Crippen molar-refractivity contribution in [1.82, 2.24) is 19.9 Å². The molecule has 8 heteroatoms. The van der Waals surface area contributed by atoms with Crippen LogP contribution in [0.25, 0.3) is 0 Å². The van der Waals surface area contributed by atoms with Gasteiger partial charge >= 0.3 is 0 Å². The molecule has 2 aromatic heterocycles. The summed E-state index contributed by atoms with van der Waals surface area (Å²) >= 11 is 5.89. The second-order valence-electron chi connectivity index (χ2n) is 5.86. The maximum Gasteiger partial charge on any atom is 0.224 e. The zero-order chi connectivity index (χ0) is 16.4. The van der Waals surface area contributed by atoms with E-state index in [0.717, 1.165) is 37.1 Å². The SMILES string of the molecule is CN(c1ccnc(Cl)n1)c1nc(N)ncc1C1CCC(N)CC1. The lowest BCUT2D eigenvalue weighted by atomic mass is 9.82. The van der Waals surface area contributed by atoms with Crippen LogP contribution in [0.5, 0.6) is 0 Å².